The molecule has 0 spiro atoms. The summed E-state index contributed by atoms with van der Waals surface area (Å²) < 4.78 is 5.45. The lowest BCUT2D eigenvalue weighted by Crippen LogP contribution is -2.37. The molecule has 1 aliphatic carbocycles. The van der Waals surface area contributed by atoms with E-state index < -0.39 is 0 Å². The molecule has 2 heterocycles. The zero-order valence-electron chi connectivity index (χ0n) is 12.6. The minimum atomic E-state index is 0.152. The van der Waals surface area contributed by atoms with Crippen LogP contribution in [0.1, 0.15) is 51.6 Å². The molecule has 21 heavy (non-hydrogen) atoms. The van der Waals surface area contributed by atoms with Crippen molar-refractivity contribution in [2.24, 2.45) is 0 Å². The first-order chi connectivity index (χ1) is 10.1. The summed E-state index contributed by atoms with van der Waals surface area (Å²) >= 11 is 1.60. The van der Waals surface area contributed by atoms with Crippen molar-refractivity contribution < 1.29 is 9.21 Å². The fourth-order valence-corrected chi connectivity index (χ4v) is 3.96. The standard InChI is InChI=1S/C17H21NO2S/c1-12-10-16(21-13(12)2)17(19)18(14-6-3-4-7-14)11-15-8-5-9-20-15/h5,8-10,14H,3-4,6-7,11H2,1-2H3. The maximum absolute atomic E-state index is 12.9. The lowest BCUT2D eigenvalue weighted by Gasteiger charge is -2.27. The maximum atomic E-state index is 12.9. The second-order valence-corrected chi connectivity index (χ2v) is 7.06. The van der Waals surface area contributed by atoms with Crippen LogP contribution in [0.4, 0.5) is 0 Å². The number of amides is 1. The summed E-state index contributed by atoms with van der Waals surface area (Å²) in [4.78, 5) is 17.0. The highest BCUT2D eigenvalue weighted by atomic mass is 32.1. The molecule has 1 aliphatic rings. The molecular formula is C17H21NO2S. The van der Waals surface area contributed by atoms with Crippen LogP contribution in [0.25, 0.3) is 0 Å². The number of hydrogen-bond donors (Lipinski definition) is 0. The van der Waals surface area contributed by atoms with Crippen molar-refractivity contribution in [1.29, 1.82) is 0 Å². The first kappa shape index (κ1) is 14.4. The van der Waals surface area contributed by atoms with E-state index in [1.807, 2.05) is 23.1 Å². The number of nitrogens with zero attached hydrogens (tertiary/aromatic N) is 1. The van der Waals surface area contributed by atoms with Crippen molar-refractivity contribution in [3.63, 3.8) is 0 Å². The minimum absolute atomic E-state index is 0.152. The van der Waals surface area contributed by atoms with Gasteiger partial charge in [0, 0.05) is 10.9 Å². The Kier molecular flexibility index (Phi) is 4.15. The Morgan fingerprint density at radius 1 is 1.38 bits per heavy atom. The van der Waals surface area contributed by atoms with Crippen molar-refractivity contribution in [2.45, 2.75) is 52.1 Å². The number of thiophene rings is 1. The Balaban J connectivity index is 1.84. The fraction of sp³-hybridized carbons (Fsp3) is 0.471. The van der Waals surface area contributed by atoms with E-state index in [1.54, 1.807) is 17.6 Å². The summed E-state index contributed by atoms with van der Waals surface area (Å²) in [6.07, 6.45) is 6.32. The van der Waals surface area contributed by atoms with Crippen LogP contribution in [0, 0.1) is 13.8 Å². The SMILES string of the molecule is Cc1cc(C(=O)N(Cc2ccco2)C2CCCC2)sc1C. The molecule has 3 nitrogen and oxygen atoms in total. The fourth-order valence-electron chi connectivity index (χ4n) is 2.97. The highest BCUT2D eigenvalue weighted by Gasteiger charge is 2.29. The van der Waals surface area contributed by atoms with Crippen LogP contribution in [-0.4, -0.2) is 16.8 Å². The molecule has 0 atom stereocenters. The van der Waals surface area contributed by atoms with E-state index in [2.05, 4.69) is 13.8 Å². The van der Waals surface area contributed by atoms with Crippen molar-refractivity contribution in [2.75, 3.05) is 0 Å². The lowest BCUT2D eigenvalue weighted by molar-refractivity contribution is 0.0654. The minimum Gasteiger partial charge on any atom is -0.467 e. The average Bonchev–Trinajstić information content (AvgIpc) is 3.19. The third-order valence-electron chi connectivity index (χ3n) is 4.31. The van der Waals surface area contributed by atoms with Gasteiger partial charge in [-0.05, 0) is 50.5 Å². The van der Waals surface area contributed by atoms with Gasteiger partial charge in [0.1, 0.15) is 5.76 Å². The van der Waals surface area contributed by atoms with Crippen LogP contribution < -0.4 is 0 Å². The Hall–Kier alpha value is -1.55. The third kappa shape index (κ3) is 3.05. The van der Waals surface area contributed by atoms with Gasteiger partial charge in [-0.3, -0.25) is 4.79 Å². The summed E-state index contributed by atoms with van der Waals surface area (Å²) in [5.41, 5.74) is 1.20. The van der Waals surface area contributed by atoms with Gasteiger partial charge in [0.2, 0.25) is 0 Å². The molecular weight excluding hydrogens is 282 g/mol. The largest absolute Gasteiger partial charge is 0.467 e. The summed E-state index contributed by atoms with van der Waals surface area (Å²) in [5.74, 6) is 1.01. The molecule has 1 amide bonds. The zero-order chi connectivity index (χ0) is 14.8. The molecule has 4 heteroatoms. The van der Waals surface area contributed by atoms with E-state index in [0.29, 0.717) is 12.6 Å². The topological polar surface area (TPSA) is 33.5 Å². The molecule has 0 bridgehead atoms. The smallest absolute Gasteiger partial charge is 0.264 e. The molecule has 2 aromatic heterocycles. The molecule has 1 fully saturated rings. The molecule has 0 aromatic carbocycles. The van der Waals surface area contributed by atoms with Crippen LogP contribution >= 0.6 is 11.3 Å². The molecule has 3 rings (SSSR count). The van der Waals surface area contributed by atoms with E-state index >= 15 is 0 Å². The number of furan rings is 1. The van der Waals surface area contributed by atoms with Crippen LogP contribution in [-0.2, 0) is 6.54 Å². The van der Waals surface area contributed by atoms with Crippen LogP contribution in [0.2, 0.25) is 0 Å². The monoisotopic (exact) mass is 303 g/mol. The van der Waals surface area contributed by atoms with Gasteiger partial charge >= 0.3 is 0 Å². The van der Waals surface area contributed by atoms with E-state index in [1.165, 1.54) is 23.3 Å². The highest BCUT2D eigenvalue weighted by Crippen LogP contribution is 2.29. The maximum Gasteiger partial charge on any atom is 0.264 e. The Bertz CT molecular complexity index is 589. The number of carbonyl (C=O) groups is 1. The number of carbonyl (C=O) groups excluding carboxylic acids is 1. The van der Waals surface area contributed by atoms with E-state index in [9.17, 15) is 4.79 Å². The van der Waals surface area contributed by atoms with Gasteiger partial charge in [0.25, 0.3) is 5.91 Å². The van der Waals surface area contributed by atoms with Crippen LogP contribution in [0.15, 0.2) is 28.9 Å². The number of aryl methyl sites for hydroxylation is 2. The predicted molar refractivity (Wildman–Crippen MR) is 84.6 cm³/mol. The third-order valence-corrected chi connectivity index (χ3v) is 5.45. The number of rotatable bonds is 4. The van der Waals surface area contributed by atoms with Gasteiger partial charge in [0.15, 0.2) is 0 Å². The van der Waals surface area contributed by atoms with Gasteiger partial charge in [-0.1, -0.05) is 12.8 Å². The highest BCUT2D eigenvalue weighted by molar-refractivity contribution is 7.14. The van der Waals surface area contributed by atoms with Gasteiger partial charge in [-0.2, -0.15) is 0 Å². The Labute approximate surface area is 129 Å². The van der Waals surface area contributed by atoms with E-state index in [4.69, 9.17) is 4.42 Å². The molecule has 0 N–H and O–H groups in total. The van der Waals surface area contributed by atoms with Crippen molar-refractivity contribution in [3.05, 3.63) is 45.5 Å². The summed E-state index contributed by atoms with van der Waals surface area (Å²) in [6, 6.07) is 6.20. The summed E-state index contributed by atoms with van der Waals surface area (Å²) in [5, 5.41) is 0. The second-order valence-electron chi connectivity index (χ2n) is 5.80. The van der Waals surface area contributed by atoms with E-state index in [0.717, 1.165) is 23.5 Å². The molecule has 112 valence electrons. The van der Waals surface area contributed by atoms with Crippen LogP contribution in [0.3, 0.4) is 0 Å². The lowest BCUT2D eigenvalue weighted by atomic mass is 10.2. The van der Waals surface area contributed by atoms with Crippen molar-refractivity contribution >= 4 is 17.2 Å². The summed E-state index contributed by atoms with van der Waals surface area (Å²) in [6.45, 7) is 4.71. The van der Waals surface area contributed by atoms with Gasteiger partial charge in [0.05, 0.1) is 17.7 Å². The van der Waals surface area contributed by atoms with Gasteiger partial charge < -0.3 is 9.32 Å². The number of hydrogen-bond acceptors (Lipinski definition) is 3. The molecule has 0 saturated heterocycles. The Morgan fingerprint density at radius 3 is 2.71 bits per heavy atom. The van der Waals surface area contributed by atoms with E-state index in [-0.39, 0.29) is 5.91 Å². The summed E-state index contributed by atoms with van der Waals surface area (Å²) in [7, 11) is 0. The first-order valence-corrected chi connectivity index (χ1v) is 8.37. The molecule has 1 saturated carbocycles. The zero-order valence-corrected chi connectivity index (χ0v) is 13.4. The Morgan fingerprint density at radius 2 is 2.14 bits per heavy atom. The normalized spacial score (nSPS) is 15.5. The van der Waals surface area contributed by atoms with Crippen LogP contribution in [0.5, 0.6) is 0 Å². The molecule has 0 aliphatic heterocycles. The van der Waals surface area contributed by atoms with Gasteiger partial charge in [-0.15, -0.1) is 11.3 Å². The first-order valence-electron chi connectivity index (χ1n) is 7.55. The van der Waals surface area contributed by atoms with Crippen molar-refractivity contribution in [3.8, 4) is 0 Å². The molecule has 0 radical (unpaired) electrons. The molecule has 2 aromatic rings. The second kappa shape index (κ2) is 6.06. The van der Waals surface area contributed by atoms with Crippen molar-refractivity contribution in [1.82, 2.24) is 4.90 Å². The predicted octanol–water partition coefficient (Wildman–Crippen LogP) is 4.54. The quantitative estimate of drug-likeness (QED) is 0.830. The van der Waals surface area contributed by atoms with Gasteiger partial charge in [-0.25, -0.2) is 0 Å². The molecule has 0 unspecified atom stereocenters. The average molecular weight is 303 g/mol.